The Morgan fingerprint density at radius 3 is 2.34 bits per heavy atom. The Hall–Kier alpha value is -5.56. The third-order valence-electron chi connectivity index (χ3n) is 7.53. The van der Waals surface area contributed by atoms with Crippen LogP contribution in [0.3, 0.4) is 0 Å². The van der Waals surface area contributed by atoms with Crippen molar-refractivity contribution in [3.05, 3.63) is 83.2 Å². The summed E-state index contributed by atoms with van der Waals surface area (Å²) in [5, 5.41) is 13.2. The number of anilines is 1. The number of benzene rings is 2. The molecule has 1 fully saturated rings. The van der Waals surface area contributed by atoms with E-state index in [0.717, 1.165) is 12.8 Å². The number of methoxy groups -OCH3 is 1. The fourth-order valence-corrected chi connectivity index (χ4v) is 4.46. The van der Waals surface area contributed by atoms with E-state index in [9.17, 15) is 19.2 Å². The molecule has 2 amide bonds. The summed E-state index contributed by atoms with van der Waals surface area (Å²) >= 11 is 0. The van der Waals surface area contributed by atoms with Crippen LogP contribution in [0.25, 0.3) is 17.2 Å². The molecular formula is C34H38N6O7. The quantitative estimate of drug-likeness (QED) is 0.0745. The van der Waals surface area contributed by atoms with E-state index in [1.807, 2.05) is 0 Å². The predicted octanol–water partition coefficient (Wildman–Crippen LogP) is 3.72. The Labute approximate surface area is 272 Å². The van der Waals surface area contributed by atoms with E-state index in [2.05, 4.69) is 22.2 Å². The van der Waals surface area contributed by atoms with Crippen LogP contribution in [0.15, 0.2) is 55.1 Å². The molecule has 0 aliphatic heterocycles. The van der Waals surface area contributed by atoms with Crippen molar-refractivity contribution in [2.75, 3.05) is 25.8 Å². The van der Waals surface area contributed by atoms with Crippen molar-refractivity contribution in [2.45, 2.75) is 32.7 Å². The monoisotopic (exact) mass is 642 g/mol. The van der Waals surface area contributed by atoms with Gasteiger partial charge < -0.3 is 36.3 Å². The van der Waals surface area contributed by atoms with Crippen molar-refractivity contribution in [1.82, 2.24) is 10.3 Å². The zero-order chi connectivity index (χ0) is 34.2. The van der Waals surface area contributed by atoms with Crippen LogP contribution in [0.5, 0.6) is 5.75 Å². The summed E-state index contributed by atoms with van der Waals surface area (Å²) < 4.78 is 15.8. The van der Waals surface area contributed by atoms with Gasteiger partial charge in [0.2, 0.25) is 6.79 Å². The molecule has 2 aromatic carbocycles. The van der Waals surface area contributed by atoms with Crippen LogP contribution in [0.1, 0.15) is 69.2 Å². The fraction of sp³-hybridized carbons (Fsp3) is 0.294. The number of amidine groups is 1. The minimum Gasteiger partial charge on any atom is -0.496 e. The summed E-state index contributed by atoms with van der Waals surface area (Å²) in [6, 6.07) is 11.5. The van der Waals surface area contributed by atoms with E-state index in [1.165, 1.54) is 25.3 Å². The molecule has 13 nitrogen and oxygen atoms in total. The van der Waals surface area contributed by atoms with Gasteiger partial charge >= 0.3 is 11.9 Å². The van der Waals surface area contributed by atoms with Crippen LogP contribution in [0, 0.1) is 17.2 Å². The van der Waals surface area contributed by atoms with Crippen LogP contribution in [0.2, 0.25) is 0 Å². The number of nitrogens with one attached hydrogen (secondary N) is 3. The third-order valence-corrected chi connectivity index (χ3v) is 7.53. The summed E-state index contributed by atoms with van der Waals surface area (Å²) in [5.74, 6) is -2.38. The number of nitrogens with two attached hydrogens (primary N) is 2. The average molecular weight is 643 g/mol. The molecule has 3 aromatic rings. The number of nitrogens with zero attached hydrogens (tertiary/aromatic N) is 1. The van der Waals surface area contributed by atoms with Gasteiger partial charge in [0.1, 0.15) is 23.3 Å². The molecule has 4 rings (SSSR count). The zero-order valence-electron chi connectivity index (χ0n) is 26.4. The van der Waals surface area contributed by atoms with Crippen molar-refractivity contribution >= 4 is 41.4 Å². The maximum absolute atomic E-state index is 13.7. The van der Waals surface area contributed by atoms with E-state index in [-0.39, 0.29) is 39.8 Å². The lowest BCUT2D eigenvalue weighted by Gasteiger charge is -2.17. The molecule has 0 unspecified atom stereocenters. The fourth-order valence-electron chi connectivity index (χ4n) is 4.46. The topological polar surface area (TPSA) is 209 Å². The number of carbonyl (C=O) groups is 4. The number of ether oxygens (including phenoxy) is 3. The number of pyridine rings is 1. The van der Waals surface area contributed by atoms with Crippen LogP contribution in [-0.4, -0.2) is 61.1 Å². The van der Waals surface area contributed by atoms with E-state index in [4.69, 9.17) is 31.1 Å². The molecule has 1 heterocycles. The lowest BCUT2D eigenvalue weighted by atomic mass is 9.94. The number of aromatic nitrogens is 1. The molecule has 0 saturated heterocycles. The van der Waals surface area contributed by atoms with Gasteiger partial charge in [0.15, 0.2) is 5.69 Å². The van der Waals surface area contributed by atoms with Crippen LogP contribution in [0.4, 0.5) is 5.69 Å². The van der Waals surface area contributed by atoms with Gasteiger partial charge in [-0.25, -0.2) is 9.78 Å². The minimum absolute atomic E-state index is 0.0496. The zero-order valence-corrected chi connectivity index (χ0v) is 26.4. The number of esters is 2. The molecular weight excluding hydrogens is 604 g/mol. The van der Waals surface area contributed by atoms with E-state index in [0.29, 0.717) is 35.0 Å². The van der Waals surface area contributed by atoms with Gasteiger partial charge in [0.25, 0.3) is 11.8 Å². The van der Waals surface area contributed by atoms with Gasteiger partial charge in [0.05, 0.1) is 7.11 Å². The molecule has 1 aliphatic carbocycles. The first-order valence-corrected chi connectivity index (χ1v) is 14.9. The first-order valence-electron chi connectivity index (χ1n) is 14.9. The van der Waals surface area contributed by atoms with E-state index >= 15 is 0 Å². The standard InChI is InChI=1S/C34H38N6O7/c1-5-20-14-25(31(41)39-22-10-8-21(9-11-22)30(36)37)24(15-27(20)45-4)23-12-13-26(32(42)38-16-19-6-7-19)40-29(23)34(44)47-17-46-33(43)28(35)18(2)3/h5,8-15,18-19,28H,1,6-7,16-17,35H2,2-4H3,(H3,36,37)(H,38,42)(H,39,41)/t28-/m0/s1. The predicted molar refractivity (Wildman–Crippen MR) is 176 cm³/mol. The van der Waals surface area contributed by atoms with Crippen molar-refractivity contribution in [1.29, 1.82) is 5.41 Å². The maximum Gasteiger partial charge on any atom is 0.360 e. The van der Waals surface area contributed by atoms with Gasteiger partial charge in [0, 0.05) is 40.0 Å². The van der Waals surface area contributed by atoms with E-state index in [1.54, 1.807) is 50.2 Å². The summed E-state index contributed by atoms with van der Waals surface area (Å²) in [7, 11) is 1.44. The Kier molecular flexibility index (Phi) is 11.1. The van der Waals surface area contributed by atoms with Crippen molar-refractivity contribution in [3.63, 3.8) is 0 Å². The summed E-state index contributed by atoms with van der Waals surface area (Å²) in [4.78, 5) is 56.8. The highest BCUT2D eigenvalue weighted by molar-refractivity contribution is 6.11. The third kappa shape index (κ3) is 8.58. The Bertz CT molecular complexity index is 1700. The molecule has 0 radical (unpaired) electrons. The Morgan fingerprint density at radius 2 is 1.74 bits per heavy atom. The van der Waals surface area contributed by atoms with Crippen LogP contribution >= 0.6 is 0 Å². The molecule has 7 N–H and O–H groups in total. The largest absolute Gasteiger partial charge is 0.496 e. The van der Waals surface area contributed by atoms with Crippen molar-refractivity contribution < 1.29 is 33.4 Å². The SMILES string of the molecule is C=Cc1cc(C(=O)Nc2ccc(C(=N)N)cc2)c(-c2ccc(C(=O)NCC3CC3)nc2C(=O)OCOC(=O)[C@@H](N)C(C)C)cc1OC. The molecule has 47 heavy (non-hydrogen) atoms. The summed E-state index contributed by atoms with van der Waals surface area (Å²) in [5.41, 5.74) is 12.9. The number of hydrogen-bond acceptors (Lipinski definition) is 10. The van der Waals surface area contributed by atoms with Gasteiger partial charge in [-0.1, -0.05) is 26.5 Å². The maximum atomic E-state index is 13.7. The highest BCUT2D eigenvalue weighted by Crippen LogP contribution is 2.35. The van der Waals surface area contributed by atoms with Gasteiger partial charge in [-0.15, -0.1) is 0 Å². The van der Waals surface area contributed by atoms with Crippen molar-refractivity contribution in [2.24, 2.45) is 23.3 Å². The number of nitrogen functional groups attached to an aromatic ring is 1. The normalized spacial score (nSPS) is 12.9. The molecule has 246 valence electrons. The molecule has 1 aromatic heterocycles. The number of rotatable bonds is 14. The number of hydrogen-bond donors (Lipinski definition) is 5. The van der Waals surface area contributed by atoms with Crippen LogP contribution < -0.4 is 26.8 Å². The average Bonchev–Trinajstić information content (AvgIpc) is 3.90. The lowest BCUT2D eigenvalue weighted by Crippen LogP contribution is -2.37. The summed E-state index contributed by atoms with van der Waals surface area (Å²) in [6.07, 6.45) is 3.56. The van der Waals surface area contributed by atoms with E-state index < -0.39 is 36.6 Å². The molecule has 1 aliphatic rings. The number of amides is 2. The molecule has 13 heteroatoms. The first-order chi connectivity index (χ1) is 22.4. The minimum atomic E-state index is -1.01. The Morgan fingerprint density at radius 1 is 1.04 bits per heavy atom. The smallest absolute Gasteiger partial charge is 0.360 e. The van der Waals surface area contributed by atoms with Gasteiger partial charge in [-0.05, 0) is 73.2 Å². The molecule has 1 atom stereocenters. The van der Waals surface area contributed by atoms with Gasteiger partial charge in [-0.3, -0.25) is 19.8 Å². The molecule has 1 saturated carbocycles. The molecule has 0 spiro atoms. The second-order valence-corrected chi connectivity index (χ2v) is 11.3. The second kappa shape index (κ2) is 15.1. The van der Waals surface area contributed by atoms with Crippen molar-refractivity contribution in [3.8, 4) is 16.9 Å². The first kappa shape index (κ1) is 34.3. The highest BCUT2D eigenvalue weighted by Gasteiger charge is 2.27. The molecule has 0 bridgehead atoms. The summed E-state index contributed by atoms with van der Waals surface area (Å²) in [6.45, 7) is 7.03. The highest BCUT2D eigenvalue weighted by atomic mass is 16.7. The number of carbonyl (C=O) groups excluding carboxylic acids is 4. The van der Waals surface area contributed by atoms with Crippen LogP contribution in [-0.2, 0) is 14.3 Å². The lowest BCUT2D eigenvalue weighted by molar-refractivity contribution is -0.154. The van der Waals surface area contributed by atoms with Gasteiger partial charge in [-0.2, -0.15) is 0 Å². The Balaban J connectivity index is 1.75. The second-order valence-electron chi connectivity index (χ2n) is 11.3.